The Bertz CT molecular complexity index is 769. The maximum atomic E-state index is 5.38. The number of anilines is 2. The third kappa shape index (κ3) is 5.70. The van der Waals surface area contributed by atoms with Crippen molar-refractivity contribution in [1.82, 2.24) is 15.3 Å². The zero-order valence-electron chi connectivity index (χ0n) is 17.1. The summed E-state index contributed by atoms with van der Waals surface area (Å²) in [4.78, 5) is 10.9. The fourth-order valence-corrected chi connectivity index (χ4v) is 3.52. The molecule has 1 aliphatic carbocycles. The molecule has 150 valence electrons. The van der Waals surface area contributed by atoms with Gasteiger partial charge in [0.1, 0.15) is 11.6 Å². The van der Waals surface area contributed by atoms with E-state index in [1.54, 1.807) is 7.11 Å². The maximum Gasteiger partial charge on any atom is 0.224 e. The second-order valence-corrected chi connectivity index (χ2v) is 7.38. The first-order valence-corrected chi connectivity index (χ1v) is 9.95. The number of rotatable bonds is 8. The highest BCUT2D eigenvalue weighted by atomic mass is 16.5. The van der Waals surface area contributed by atoms with Crippen LogP contribution in [0.1, 0.15) is 31.2 Å². The lowest BCUT2D eigenvalue weighted by Gasteiger charge is -2.29. The standard InChI is InChI=1S/C22H31N5O/c1-27(2)21-14-16-24-22(26-21)25-19-12-10-18(11-13-19)23-15-6-8-17-7-4-5-9-20(17)28-3/h4-9,14,16,18-19,23H,10-13,15H2,1-3H3,(H,24,25,26)/t18-,19+. The number of para-hydroxylation sites is 1. The van der Waals surface area contributed by atoms with Gasteiger partial charge < -0.3 is 20.3 Å². The van der Waals surface area contributed by atoms with Crippen LogP contribution in [0.15, 0.2) is 42.6 Å². The van der Waals surface area contributed by atoms with E-state index in [9.17, 15) is 0 Å². The van der Waals surface area contributed by atoms with E-state index < -0.39 is 0 Å². The van der Waals surface area contributed by atoms with Gasteiger partial charge in [0.05, 0.1) is 7.11 Å². The Morgan fingerprint density at radius 1 is 1.11 bits per heavy atom. The van der Waals surface area contributed by atoms with Crippen molar-refractivity contribution in [2.45, 2.75) is 37.8 Å². The molecule has 3 rings (SSSR count). The molecule has 0 amide bonds. The molecule has 0 radical (unpaired) electrons. The molecular formula is C22H31N5O. The molecule has 1 aromatic carbocycles. The second kappa shape index (κ2) is 10.1. The Balaban J connectivity index is 1.41. The molecule has 0 bridgehead atoms. The minimum absolute atomic E-state index is 0.444. The van der Waals surface area contributed by atoms with E-state index >= 15 is 0 Å². The monoisotopic (exact) mass is 381 g/mol. The number of nitrogens with one attached hydrogen (secondary N) is 2. The summed E-state index contributed by atoms with van der Waals surface area (Å²) in [6.07, 6.45) is 10.7. The summed E-state index contributed by atoms with van der Waals surface area (Å²) in [6, 6.07) is 11.0. The van der Waals surface area contributed by atoms with Gasteiger partial charge in [0.25, 0.3) is 0 Å². The van der Waals surface area contributed by atoms with Crippen molar-refractivity contribution in [2.24, 2.45) is 0 Å². The Hall–Kier alpha value is -2.60. The first-order chi connectivity index (χ1) is 13.7. The first-order valence-electron chi connectivity index (χ1n) is 9.95. The molecule has 0 atom stereocenters. The molecule has 2 N–H and O–H groups in total. The van der Waals surface area contributed by atoms with Crippen LogP contribution in [-0.4, -0.2) is 49.8 Å². The van der Waals surface area contributed by atoms with E-state index in [0.717, 1.165) is 55.3 Å². The molecule has 1 aromatic heterocycles. The zero-order valence-corrected chi connectivity index (χ0v) is 17.1. The van der Waals surface area contributed by atoms with Crippen LogP contribution in [-0.2, 0) is 0 Å². The Labute approximate surface area is 168 Å². The third-order valence-electron chi connectivity index (χ3n) is 5.12. The van der Waals surface area contributed by atoms with Gasteiger partial charge in [-0.1, -0.05) is 30.4 Å². The van der Waals surface area contributed by atoms with Gasteiger partial charge in [-0.15, -0.1) is 0 Å². The van der Waals surface area contributed by atoms with Gasteiger partial charge >= 0.3 is 0 Å². The summed E-state index contributed by atoms with van der Waals surface area (Å²) in [6.45, 7) is 0.870. The molecule has 1 saturated carbocycles. The lowest BCUT2D eigenvalue weighted by atomic mass is 9.91. The first kappa shape index (κ1) is 20.1. The smallest absolute Gasteiger partial charge is 0.224 e. The Morgan fingerprint density at radius 2 is 1.86 bits per heavy atom. The third-order valence-corrected chi connectivity index (χ3v) is 5.12. The highest BCUT2D eigenvalue weighted by Gasteiger charge is 2.21. The van der Waals surface area contributed by atoms with E-state index in [2.05, 4.69) is 38.8 Å². The van der Waals surface area contributed by atoms with Crippen molar-refractivity contribution in [3.05, 3.63) is 48.2 Å². The highest BCUT2D eigenvalue weighted by Crippen LogP contribution is 2.22. The molecule has 0 spiro atoms. The highest BCUT2D eigenvalue weighted by molar-refractivity contribution is 5.57. The van der Waals surface area contributed by atoms with Crippen molar-refractivity contribution < 1.29 is 4.74 Å². The van der Waals surface area contributed by atoms with E-state index in [1.165, 1.54) is 0 Å². The van der Waals surface area contributed by atoms with Crippen LogP contribution in [0.2, 0.25) is 0 Å². The molecular weight excluding hydrogens is 350 g/mol. The van der Waals surface area contributed by atoms with Crippen LogP contribution in [0.4, 0.5) is 11.8 Å². The van der Waals surface area contributed by atoms with Crippen LogP contribution >= 0.6 is 0 Å². The predicted molar refractivity (Wildman–Crippen MR) is 116 cm³/mol. The predicted octanol–water partition coefficient (Wildman–Crippen LogP) is 3.58. The van der Waals surface area contributed by atoms with Gasteiger partial charge in [0, 0.05) is 44.5 Å². The van der Waals surface area contributed by atoms with Crippen LogP contribution in [0, 0.1) is 0 Å². The lowest BCUT2D eigenvalue weighted by Crippen LogP contribution is -2.37. The summed E-state index contributed by atoms with van der Waals surface area (Å²) in [5.41, 5.74) is 1.11. The molecule has 0 aliphatic heterocycles. The van der Waals surface area contributed by atoms with Crippen molar-refractivity contribution >= 4 is 17.8 Å². The molecule has 1 fully saturated rings. The number of hydrogen-bond donors (Lipinski definition) is 2. The van der Waals surface area contributed by atoms with E-state index in [1.807, 2.05) is 49.5 Å². The minimum atomic E-state index is 0.444. The van der Waals surface area contributed by atoms with Crippen molar-refractivity contribution in [3.8, 4) is 5.75 Å². The van der Waals surface area contributed by atoms with Gasteiger partial charge in [-0.3, -0.25) is 0 Å². The number of aromatic nitrogens is 2. The molecule has 6 nitrogen and oxygen atoms in total. The Kier molecular flexibility index (Phi) is 7.25. The molecule has 28 heavy (non-hydrogen) atoms. The van der Waals surface area contributed by atoms with Gasteiger partial charge in [0.15, 0.2) is 0 Å². The number of benzene rings is 1. The maximum absolute atomic E-state index is 5.38. The summed E-state index contributed by atoms with van der Waals surface area (Å²) < 4.78 is 5.38. The van der Waals surface area contributed by atoms with Crippen LogP contribution in [0.3, 0.4) is 0 Å². The quantitative estimate of drug-likeness (QED) is 0.729. The van der Waals surface area contributed by atoms with Gasteiger partial charge in [-0.25, -0.2) is 4.98 Å². The normalized spacial score (nSPS) is 19.5. The minimum Gasteiger partial charge on any atom is -0.496 e. The second-order valence-electron chi connectivity index (χ2n) is 7.38. The molecule has 0 unspecified atom stereocenters. The Morgan fingerprint density at radius 3 is 2.61 bits per heavy atom. The van der Waals surface area contributed by atoms with E-state index in [4.69, 9.17) is 4.74 Å². The van der Waals surface area contributed by atoms with Crippen molar-refractivity contribution in [2.75, 3.05) is 38.0 Å². The molecule has 1 heterocycles. The van der Waals surface area contributed by atoms with Gasteiger partial charge in [-0.05, 0) is 37.8 Å². The van der Waals surface area contributed by atoms with Gasteiger partial charge in [-0.2, -0.15) is 4.98 Å². The topological polar surface area (TPSA) is 62.3 Å². The average molecular weight is 382 g/mol. The molecule has 1 aliphatic rings. The average Bonchev–Trinajstić information content (AvgIpc) is 2.73. The summed E-state index contributed by atoms with van der Waals surface area (Å²) >= 11 is 0. The number of methoxy groups -OCH3 is 1. The summed E-state index contributed by atoms with van der Waals surface area (Å²) in [5.74, 6) is 2.56. The molecule has 6 heteroatoms. The lowest BCUT2D eigenvalue weighted by molar-refractivity contribution is 0.363. The van der Waals surface area contributed by atoms with Crippen LogP contribution < -0.4 is 20.3 Å². The van der Waals surface area contributed by atoms with E-state index in [0.29, 0.717) is 12.1 Å². The summed E-state index contributed by atoms with van der Waals surface area (Å²) in [7, 11) is 5.69. The number of ether oxygens (including phenoxy) is 1. The fourth-order valence-electron chi connectivity index (χ4n) is 3.52. The summed E-state index contributed by atoms with van der Waals surface area (Å²) in [5, 5.41) is 7.14. The van der Waals surface area contributed by atoms with Crippen LogP contribution in [0.5, 0.6) is 5.75 Å². The SMILES string of the molecule is COc1ccccc1C=CCN[C@H]1CC[C@@H](Nc2nccc(N(C)C)n2)CC1. The zero-order chi connectivity index (χ0) is 19.8. The van der Waals surface area contributed by atoms with Crippen molar-refractivity contribution in [3.63, 3.8) is 0 Å². The van der Waals surface area contributed by atoms with Crippen LogP contribution in [0.25, 0.3) is 6.08 Å². The number of nitrogens with zero attached hydrogens (tertiary/aromatic N) is 3. The largest absolute Gasteiger partial charge is 0.496 e. The molecule has 2 aromatic rings. The number of hydrogen-bond acceptors (Lipinski definition) is 6. The van der Waals surface area contributed by atoms with Crippen molar-refractivity contribution in [1.29, 1.82) is 0 Å². The van der Waals surface area contributed by atoms with E-state index in [-0.39, 0.29) is 0 Å². The van der Waals surface area contributed by atoms with Gasteiger partial charge in [0.2, 0.25) is 5.95 Å². The fraction of sp³-hybridized carbons (Fsp3) is 0.455. The molecule has 0 saturated heterocycles.